The molecular weight excluding hydrogens is 232 g/mol. The zero-order valence-electron chi connectivity index (χ0n) is 12.5. The van der Waals surface area contributed by atoms with Crippen LogP contribution in [0.5, 0.6) is 0 Å². The number of rotatable bonds is 7. The molecule has 0 heterocycles. The number of methoxy groups -OCH3 is 1. The third kappa shape index (κ3) is 9.24. The first-order valence-corrected chi connectivity index (χ1v) is 6.45. The van der Waals surface area contributed by atoms with Gasteiger partial charge in [0, 0.05) is 26.2 Å². The fraction of sp³-hybridized carbons (Fsp3) is 0.923. The van der Waals surface area contributed by atoms with Crippen molar-refractivity contribution in [2.24, 2.45) is 5.92 Å². The Bertz CT molecular complexity index is 237. The minimum atomic E-state index is -0.450. The van der Waals surface area contributed by atoms with E-state index in [0.717, 1.165) is 0 Å². The summed E-state index contributed by atoms with van der Waals surface area (Å²) in [6.45, 7) is 11.7. The molecule has 0 aliphatic rings. The zero-order chi connectivity index (χ0) is 14.2. The second-order valence-electron chi connectivity index (χ2n) is 5.69. The molecule has 0 aromatic rings. The zero-order valence-corrected chi connectivity index (χ0v) is 12.5. The topological polar surface area (TPSA) is 59.6 Å². The summed E-state index contributed by atoms with van der Waals surface area (Å²) < 4.78 is 10.3. The standard InChI is InChI=1S/C13H28N2O3/c1-10(2)11(9-17-6)14-7-8-15-12(16)18-13(3,4)5/h10-11,14H,7-9H2,1-6H3,(H,15,16). The summed E-state index contributed by atoms with van der Waals surface area (Å²) in [6.07, 6.45) is -0.378. The van der Waals surface area contributed by atoms with Gasteiger partial charge in [0.2, 0.25) is 0 Å². The Kier molecular flexibility index (Phi) is 7.95. The van der Waals surface area contributed by atoms with Gasteiger partial charge in [-0.25, -0.2) is 4.79 Å². The van der Waals surface area contributed by atoms with E-state index in [-0.39, 0.29) is 6.09 Å². The predicted molar refractivity (Wildman–Crippen MR) is 72.7 cm³/mol. The molecule has 0 saturated heterocycles. The maximum Gasteiger partial charge on any atom is 0.407 e. The molecule has 108 valence electrons. The third-order valence-electron chi connectivity index (χ3n) is 2.35. The van der Waals surface area contributed by atoms with Crippen LogP contribution in [0.2, 0.25) is 0 Å². The van der Waals surface area contributed by atoms with Crippen LogP contribution in [0.15, 0.2) is 0 Å². The molecule has 5 nitrogen and oxygen atoms in total. The van der Waals surface area contributed by atoms with Crippen LogP contribution in [0, 0.1) is 5.92 Å². The molecular formula is C13H28N2O3. The van der Waals surface area contributed by atoms with Crippen LogP contribution in [0.4, 0.5) is 4.79 Å². The number of amides is 1. The fourth-order valence-electron chi connectivity index (χ4n) is 1.40. The van der Waals surface area contributed by atoms with Gasteiger partial charge in [-0.3, -0.25) is 0 Å². The van der Waals surface area contributed by atoms with Gasteiger partial charge >= 0.3 is 6.09 Å². The number of hydrogen-bond donors (Lipinski definition) is 2. The molecule has 0 rings (SSSR count). The first kappa shape index (κ1) is 17.2. The van der Waals surface area contributed by atoms with Crippen LogP contribution < -0.4 is 10.6 Å². The number of carbonyl (C=O) groups excluding carboxylic acids is 1. The van der Waals surface area contributed by atoms with E-state index in [1.54, 1.807) is 7.11 Å². The lowest BCUT2D eigenvalue weighted by molar-refractivity contribution is 0.0527. The van der Waals surface area contributed by atoms with Crippen molar-refractivity contribution in [3.63, 3.8) is 0 Å². The van der Waals surface area contributed by atoms with Crippen molar-refractivity contribution in [2.45, 2.75) is 46.3 Å². The largest absolute Gasteiger partial charge is 0.444 e. The Labute approximate surface area is 111 Å². The van der Waals surface area contributed by atoms with Crippen LogP contribution in [0.3, 0.4) is 0 Å². The van der Waals surface area contributed by atoms with Gasteiger partial charge in [-0.05, 0) is 26.7 Å². The average Bonchev–Trinajstić information content (AvgIpc) is 2.19. The third-order valence-corrected chi connectivity index (χ3v) is 2.35. The molecule has 0 aromatic heterocycles. The van der Waals surface area contributed by atoms with Crippen LogP contribution in [-0.4, -0.2) is 44.5 Å². The van der Waals surface area contributed by atoms with Crippen molar-refractivity contribution in [3.05, 3.63) is 0 Å². The Hall–Kier alpha value is -0.810. The van der Waals surface area contributed by atoms with Crippen molar-refractivity contribution < 1.29 is 14.3 Å². The molecule has 18 heavy (non-hydrogen) atoms. The number of ether oxygens (including phenoxy) is 2. The highest BCUT2D eigenvalue weighted by Gasteiger charge is 2.16. The van der Waals surface area contributed by atoms with Crippen molar-refractivity contribution in [1.82, 2.24) is 10.6 Å². The van der Waals surface area contributed by atoms with E-state index in [1.807, 2.05) is 20.8 Å². The van der Waals surface area contributed by atoms with Crippen molar-refractivity contribution >= 4 is 6.09 Å². The maximum absolute atomic E-state index is 11.4. The van der Waals surface area contributed by atoms with Gasteiger partial charge in [-0.15, -0.1) is 0 Å². The van der Waals surface area contributed by atoms with Gasteiger partial charge < -0.3 is 20.1 Å². The lowest BCUT2D eigenvalue weighted by Crippen LogP contribution is -2.43. The van der Waals surface area contributed by atoms with E-state index in [2.05, 4.69) is 24.5 Å². The van der Waals surface area contributed by atoms with Gasteiger partial charge in [0.25, 0.3) is 0 Å². The van der Waals surface area contributed by atoms with Crippen LogP contribution in [0.25, 0.3) is 0 Å². The second kappa shape index (κ2) is 8.32. The first-order valence-electron chi connectivity index (χ1n) is 6.45. The molecule has 1 atom stereocenters. The van der Waals surface area contributed by atoms with Crippen LogP contribution >= 0.6 is 0 Å². The van der Waals surface area contributed by atoms with E-state index in [0.29, 0.717) is 31.7 Å². The second-order valence-corrected chi connectivity index (χ2v) is 5.69. The summed E-state index contributed by atoms with van der Waals surface area (Å²) in [4.78, 5) is 11.4. The highest BCUT2D eigenvalue weighted by atomic mass is 16.6. The monoisotopic (exact) mass is 260 g/mol. The summed E-state index contributed by atoms with van der Waals surface area (Å²) in [7, 11) is 1.69. The molecule has 0 aliphatic heterocycles. The van der Waals surface area contributed by atoms with Crippen LogP contribution in [-0.2, 0) is 9.47 Å². The molecule has 0 radical (unpaired) electrons. The molecule has 1 unspecified atom stereocenters. The van der Waals surface area contributed by atoms with E-state index in [9.17, 15) is 4.79 Å². The lowest BCUT2D eigenvalue weighted by Gasteiger charge is -2.22. The highest BCUT2D eigenvalue weighted by molar-refractivity contribution is 5.67. The minimum Gasteiger partial charge on any atom is -0.444 e. The summed E-state index contributed by atoms with van der Waals surface area (Å²) in [6, 6.07) is 0.301. The van der Waals surface area contributed by atoms with Gasteiger partial charge in [0.15, 0.2) is 0 Å². The number of nitrogens with one attached hydrogen (secondary N) is 2. The number of alkyl carbamates (subject to hydrolysis) is 1. The first-order chi connectivity index (χ1) is 8.26. The highest BCUT2D eigenvalue weighted by Crippen LogP contribution is 2.06. The Balaban J connectivity index is 3.74. The Morgan fingerprint density at radius 2 is 1.83 bits per heavy atom. The smallest absolute Gasteiger partial charge is 0.407 e. The molecule has 0 bridgehead atoms. The summed E-state index contributed by atoms with van der Waals surface area (Å²) in [5.41, 5.74) is -0.450. The Morgan fingerprint density at radius 3 is 2.28 bits per heavy atom. The lowest BCUT2D eigenvalue weighted by atomic mass is 10.1. The predicted octanol–water partition coefficient (Wildman–Crippen LogP) is 1.77. The van der Waals surface area contributed by atoms with E-state index in [4.69, 9.17) is 9.47 Å². The van der Waals surface area contributed by atoms with Crippen molar-refractivity contribution in [3.8, 4) is 0 Å². The quantitative estimate of drug-likeness (QED) is 0.685. The molecule has 0 spiro atoms. The van der Waals surface area contributed by atoms with Gasteiger partial charge in [0.05, 0.1) is 6.61 Å². The summed E-state index contributed by atoms with van der Waals surface area (Å²) >= 11 is 0. The van der Waals surface area contributed by atoms with E-state index < -0.39 is 5.60 Å². The molecule has 0 fully saturated rings. The van der Waals surface area contributed by atoms with Crippen molar-refractivity contribution in [2.75, 3.05) is 26.8 Å². The maximum atomic E-state index is 11.4. The average molecular weight is 260 g/mol. The molecule has 0 saturated carbocycles. The van der Waals surface area contributed by atoms with Gasteiger partial charge in [-0.2, -0.15) is 0 Å². The Morgan fingerprint density at radius 1 is 1.22 bits per heavy atom. The van der Waals surface area contributed by atoms with Gasteiger partial charge in [-0.1, -0.05) is 13.8 Å². The van der Waals surface area contributed by atoms with E-state index in [1.165, 1.54) is 0 Å². The van der Waals surface area contributed by atoms with E-state index >= 15 is 0 Å². The molecule has 0 aromatic carbocycles. The normalized spacial score (nSPS) is 13.5. The van der Waals surface area contributed by atoms with Gasteiger partial charge in [0.1, 0.15) is 5.60 Å². The summed E-state index contributed by atoms with van der Waals surface area (Å²) in [5.74, 6) is 0.492. The summed E-state index contributed by atoms with van der Waals surface area (Å²) in [5, 5.41) is 6.05. The number of carbonyl (C=O) groups is 1. The van der Waals surface area contributed by atoms with Crippen LogP contribution in [0.1, 0.15) is 34.6 Å². The number of hydrogen-bond acceptors (Lipinski definition) is 4. The molecule has 0 aliphatic carbocycles. The molecule has 2 N–H and O–H groups in total. The fourth-order valence-corrected chi connectivity index (χ4v) is 1.40. The van der Waals surface area contributed by atoms with Crippen molar-refractivity contribution in [1.29, 1.82) is 0 Å². The minimum absolute atomic E-state index is 0.301. The molecule has 1 amide bonds. The SMILES string of the molecule is COCC(NCCNC(=O)OC(C)(C)C)C(C)C. The molecule has 5 heteroatoms.